The highest BCUT2D eigenvalue weighted by Crippen LogP contribution is 2.31. The quantitative estimate of drug-likeness (QED) is 0.669. The van der Waals surface area contributed by atoms with E-state index < -0.39 is 0 Å². The maximum absolute atomic E-state index is 6.12. The number of ether oxygens (including phenoxy) is 1. The van der Waals surface area contributed by atoms with Crippen molar-refractivity contribution in [1.29, 1.82) is 0 Å². The summed E-state index contributed by atoms with van der Waals surface area (Å²) in [5.74, 6) is 1.79. The Morgan fingerprint density at radius 3 is 2.75 bits per heavy atom. The summed E-state index contributed by atoms with van der Waals surface area (Å²) in [6, 6.07) is 13.4. The van der Waals surface area contributed by atoms with Crippen LogP contribution in [0.5, 0.6) is 5.75 Å². The smallest absolute Gasteiger partial charge is 0.143 e. The Kier molecular flexibility index (Phi) is 3.55. The number of rotatable bonds is 3. The lowest BCUT2D eigenvalue weighted by Gasteiger charge is -2.12. The standard InChI is InChI=1S/C15H12Cl2N2O/c1-20-14-7-6-10(17)8-13(14)19-12-5-3-2-4-11(12)18-15(19)9-16/h2-8H,9H2,1H3. The summed E-state index contributed by atoms with van der Waals surface area (Å²) >= 11 is 12.1. The van der Waals surface area contributed by atoms with Gasteiger partial charge in [0, 0.05) is 5.02 Å². The van der Waals surface area contributed by atoms with E-state index in [0.29, 0.717) is 10.9 Å². The van der Waals surface area contributed by atoms with Crippen LogP contribution in [0, 0.1) is 0 Å². The fraction of sp³-hybridized carbons (Fsp3) is 0.133. The summed E-state index contributed by atoms with van der Waals surface area (Å²) in [4.78, 5) is 4.54. The first-order valence-corrected chi connectivity index (χ1v) is 7.02. The van der Waals surface area contributed by atoms with Crippen LogP contribution in [0.4, 0.5) is 0 Å². The van der Waals surface area contributed by atoms with Gasteiger partial charge in [0.05, 0.1) is 29.7 Å². The van der Waals surface area contributed by atoms with Crippen LogP contribution in [-0.4, -0.2) is 16.7 Å². The van der Waals surface area contributed by atoms with Gasteiger partial charge in [-0.25, -0.2) is 4.98 Å². The molecule has 102 valence electrons. The first kappa shape index (κ1) is 13.3. The first-order chi connectivity index (χ1) is 9.74. The average Bonchev–Trinajstić information content (AvgIpc) is 2.85. The Bertz CT molecular complexity index is 768. The van der Waals surface area contributed by atoms with Crippen molar-refractivity contribution in [2.24, 2.45) is 0 Å². The lowest BCUT2D eigenvalue weighted by atomic mass is 10.2. The zero-order valence-corrected chi connectivity index (χ0v) is 12.3. The van der Waals surface area contributed by atoms with Crippen LogP contribution in [0.2, 0.25) is 5.02 Å². The number of para-hydroxylation sites is 2. The van der Waals surface area contributed by atoms with Gasteiger partial charge in [-0.2, -0.15) is 0 Å². The maximum atomic E-state index is 6.12. The SMILES string of the molecule is COc1ccc(Cl)cc1-n1c(CCl)nc2ccccc21. The van der Waals surface area contributed by atoms with Gasteiger partial charge in [0.15, 0.2) is 0 Å². The minimum Gasteiger partial charge on any atom is -0.495 e. The van der Waals surface area contributed by atoms with Crippen molar-refractivity contribution in [3.63, 3.8) is 0 Å². The molecular weight excluding hydrogens is 295 g/mol. The normalized spacial score (nSPS) is 10.9. The molecule has 20 heavy (non-hydrogen) atoms. The van der Waals surface area contributed by atoms with E-state index in [0.717, 1.165) is 28.3 Å². The van der Waals surface area contributed by atoms with E-state index in [4.69, 9.17) is 27.9 Å². The number of benzene rings is 2. The lowest BCUT2D eigenvalue weighted by molar-refractivity contribution is 0.413. The number of fused-ring (bicyclic) bond motifs is 1. The summed E-state index contributed by atoms with van der Waals surface area (Å²) in [6.07, 6.45) is 0. The minimum atomic E-state index is 0.310. The topological polar surface area (TPSA) is 27.1 Å². The molecule has 1 aromatic heterocycles. The number of imidazole rings is 1. The van der Waals surface area contributed by atoms with Crippen LogP contribution in [0.25, 0.3) is 16.7 Å². The highest BCUT2D eigenvalue weighted by atomic mass is 35.5. The lowest BCUT2D eigenvalue weighted by Crippen LogP contribution is -2.02. The van der Waals surface area contributed by atoms with Crippen LogP contribution < -0.4 is 4.74 Å². The second kappa shape index (κ2) is 5.35. The van der Waals surface area contributed by atoms with E-state index in [1.807, 2.05) is 41.0 Å². The molecule has 0 amide bonds. The van der Waals surface area contributed by atoms with Crippen LogP contribution in [0.1, 0.15) is 5.82 Å². The number of alkyl halides is 1. The average molecular weight is 307 g/mol. The van der Waals surface area contributed by atoms with Gasteiger partial charge >= 0.3 is 0 Å². The molecule has 0 N–H and O–H groups in total. The second-order valence-electron chi connectivity index (χ2n) is 4.30. The van der Waals surface area contributed by atoms with E-state index in [-0.39, 0.29) is 0 Å². The molecule has 1 heterocycles. The van der Waals surface area contributed by atoms with Crippen molar-refractivity contribution in [3.8, 4) is 11.4 Å². The number of aromatic nitrogens is 2. The third-order valence-corrected chi connectivity index (χ3v) is 3.61. The number of methoxy groups -OCH3 is 1. The molecule has 0 aliphatic carbocycles. The molecule has 0 unspecified atom stereocenters. The Labute approximate surface area is 126 Å². The van der Waals surface area contributed by atoms with Gasteiger partial charge in [0.1, 0.15) is 11.6 Å². The highest BCUT2D eigenvalue weighted by Gasteiger charge is 2.15. The Balaban J connectivity index is 2.36. The fourth-order valence-corrected chi connectivity index (χ4v) is 2.62. The molecule has 0 saturated heterocycles. The van der Waals surface area contributed by atoms with E-state index in [1.54, 1.807) is 13.2 Å². The van der Waals surface area contributed by atoms with Crippen molar-refractivity contribution in [3.05, 3.63) is 53.3 Å². The molecule has 3 aromatic rings. The third kappa shape index (κ3) is 2.13. The minimum absolute atomic E-state index is 0.310. The van der Waals surface area contributed by atoms with Crippen molar-refractivity contribution >= 4 is 34.2 Å². The predicted molar refractivity (Wildman–Crippen MR) is 82.2 cm³/mol. The zero-order chi connectivity index (χ0) is 14.1. The highest BCUT2D eigenvalue weighted by molar-refractivity contribution is 6.30. The maximum Gasteiger partial charge on any atom is 0.143 e. The Hall–Kier alpha value is -1.71. The molecule has 3 nitrogen and oxygen atoms in total. The second-order valence-corrected chi connectivity index (χ2v) is 5.01. The van der Waals surface area contributed by atoms with E-state index in [2.05, 4.69) is 4.98 Å². The van der Waals surface area contributed by atoms with Gasteiger partial charge in [0.2, 0.25) is 0 Å². The van der Waals surface area contributed by atoms with E-state index >= 15 is 0 Å². The van der Waals surface area contributed by atoms with Crippen molar-refractivity contribution in [2.45, 2.75) is 5.88 Å². The summed E-state index contributed by atoms with van der Waals surface area (Å²) in [5, 5.41) is 0.638. The monoisotopic (exact) mass is 306 g/mol. The molecule has 0 aliphatic rings. The molecule has 0 aliphatic heterocycles. The summed E-state index contributed by atoms with van der Waals surface area (Å²) < 4.78 is 7.40. The van der Waals surface area contributed by atoms with Gasteiger partial charge in [-0.05, 0) is 30.3 Å². The number of halogens is 2. The molecule has 5 heteroatoms. The fourth-order valence-electron chi connectivity index (χ4n) is 2.27. The first-order valence-electron chi connectivity index (χ1n) is 6.11. The van der Waals surface area contributed by atoms with Crippen molar-refractivity contribution in [2.75, 3.05) is 7.11 Å². The summed E-state index contributed by atoms with van der Waals surface area (Å²) in [7, 11) is 1.63. The van der Waals surface area contributed by atoms with Crippen LogP contribution in [-0.2, 0) is 5.88 Å². The van der Waals surface area contributed by atoms with Gasteiger partial charge in [0.25, 0.3) is 0 Å². The molecule has 0 fully saturated rings. The molecule has 2 aromatic carbocycles. The van der Waals surface area contributed by atoms with Gasteiger partial charge in [-0.1, -0.05) is 23.7 Å². The zero-order valence-electron chi connectivity index (χ0n) is 10.8. The van der Waals surface area contributed by atoms with Crippen LogP contribution in [0.3, 0.4) is 0 Å². The Morgan fingerprint density at radius 1 is 1.20 bits per heavy atom. The number of hydrogen-bond donors (Lipinski definition) is 0. The summed E-state index contributed by atoms with van der Waals surface area (Å²) in [5.41, 5.74) is 2.71. The molecular formula is C15H12Cl2N2O. The molecule has 0 saturated carbocycles. The van der Waals surface area contributed by atoms with Gasteiger partial charge in [-0.3, -0.25) is 4.57 Å². The number of hydrogen-bond acceptors (Lipinski definition) is 2. The van der Waals surface area contributed by atoms with Crippen molar-refractivity contribution < 1.29 is 4.74 Å². The Morgan fingerprint density at radius 2 is 2.00 bits per heavy atom. The predicted octanol–water partition coefficient (Wildman–Crippen LogP) is 4.43. The number of nitrogens with zero attached hydrogens (tertiary/aromatic N) is 2. The van der Waals surface area contributed by atoms with Crippen LogP contribution >= 0.6 is 23.2 Å². The molecule has 0 atom stereocenters. The molecule has 0 radical (unpaired) electrons. The third-order valence-electron chi connectivity index (χ3n) is 3.13. The van der Waals surface area contributed by atoms with Gasteiger partial charge < -0.3 is 4.74 Å². The van der Waals surface area contributed by atoms with Gasteiger partial charge in [-0.15, -0.1) is 11.6 Å². The van der Waals surface area contributed by atoms with Crippen LogP contribution in [0.15, 0.2) is 42.5 Å². The molecule has 3 rings (SSSR count). The summed E-state index contributed by atoms with van der Waals surface area (Å²) in [6.45, 7) is 0. The van der Waals surface area contributed by atoms with E-state index in [1.165, 1.54) is 0 Å². The molecule has 0 bridgehead atoms. The molecule has 0 spiro atoms. The van der Waals surface area contributed by atoms with Crippen molar-refractivity contribution in [1.82, 2.24) is 9.55 Å². The van der Waals surface area contributed by atoms with E-state index in [9.17, 15) is 0 Å². The largest absolute Gasteiger partial charge is 0.495 e.